The molecule has 0 aliphatic carbocycles. The molecule has 3 N–H and O–H groups in total. The fourth-order valence-electron chi connectivity index (χ4n) is 2.24. The van der Waals surface area contributed by atoms with Crippen LogP contribution in [0.5, 0.6) is 0 Å². The SMILES string of the molecule is Cc1nn(-c2ccccc2)c(N)c1/N=N/c1cc(Cl)c(SOOO)cc1Cl. The molecular formula is C16H13Cl2N5O3S. The molecule has 2 aromatic carbocycles. The first-order valence-electron chi connectivity index (χ1n) is 7.47. The molecule has 0 bridgehead atoms. The highest BCUT2D eigenvalue weighted by molar-refractivity contribution is 7.94. The van der Waals surface area contributed by atoms with E-state index in [9.17, 15) is 0 Å². The van der Waals surface area contributed by atoms with E-state index in [1.807, 2.05) is 30.3 Å². The summed E-state index contributed by atoms with van der Waals surface area (Å²) in [7, 11) is 0. The molecule has 3 rings (SSSR count). The van der Waals surface area contributed by atoms with Gasteiger partial charge in [-0.1, -0.05) is 46.4 Å². The second-order valence-electron chi connectivity index (χ2n) is 5.23. The van der Waals surface area contributed by atoms with E-state index in [-0.39, 0.29) is 5.02 Å². The molecule has 1 heterocycles. The van der Waals surface area contributed by atoms with Gasteiger partial charge >= 0.3 is 0 Å². The molecule has 0 fully saturated rings. The standard InChI is InChI=1S/C16H13Cl2N5O3S/c1-9-15(16(19)23(22-9)10-5-3-2-4-6-10)21-20-13-7-12(18)14(8-11(13)17)27-26-25-24/h2-8,24H,19H2,1H3/b21-20+. The van der Waals surface area contributed by atoms with E-state index in [1.54, 1.807) is 11.6 Å². The van der Waals surface area contributed by atoms with Gasteiger partial charge in [-0.25, -0.2) is 9.94 Å². The van der Waals surface area contributed by atoms with Gasteiger partial charge in [0.05, 0.1) is 38.4 Å². The predicted octanol–water partition coefficient (Wildman–Crippen LogP) is 5.91. The number of benzene rings is 2. The van der Waals surface area contributed by atoms with Gasteiger partial charge in [-0.3, -0.25) is 0 Å². The number of hydrogen-bond donors (Lipinski definition) is 2. The van der Waals surface area contributed by atoms with Gasteiger partial charge in [-0.2, -0.15) is 5.10 Å². The van der Waals surface area contributed by atoms with Crippen molar-refractivity contribution in [1.82, 2.24) is 9.78 Å². The first-order chi connectivity index (χ1) is 13.0. The summed E-state index contributed by atoms with van der Waals surface area (Å²) >= 11 is 13.0. The minimum atomic E-state index is 0.277. The van der Waals surface area contributed by atoms with Crippen molar-refractivity contribution in [1.29, 1.82) is 0 Å². The molecule has 1 aromatic heterocycles. The quantitative estimate of drug-likeness (QED) is 0.220. The summed E-state index contributed by atoms with van der Waals surface area (Å²) in [5.74, 6) is 0.352. The zero-order chi connectivity index (χ0) is 19.4. The molecular weight excluding hydrogens is 413 g/mol. The van der Waals surface area contributed by atoms with Crippen LogP contribution in [-0.4, -0.2) is 15.0 Å². The highest BCUT2D eigenvalue weighted by atomic mass is 35.5. The van der Waals surface area contributed by atoms with Gasteiger partial charge in [-0.15, -0.1) is 14.6 Å². The number of para-hydroxylation sites is 1. The maximum atomic E-state index is 8.22. The number of halogens is 2. The molecule has 8 nitrogen and oxygen atoms in total. The van der Waals surface area contributed by atoms with Crippen LogP contribution in [-0.2, 0) is 9.37 Å². The van der Waals surface area contributed by atoms with Crippen molar-refractivity contribution in [2.75, 3.05) is 5.73 Å². The van der Waals surface area contributed by atoms with Crippen LogP contribution < -0.4 is 5.73 Å². The van der Waals surface area contributed by atoms with Crippen molar-refractivity contribution in [3.63, 3.8) is 0 Å². The number of aromatic nitrogens is 2. The fraction of sp³-hybridized carbons (Fsp3) is 0.0625. The Bertz CT molecular complexity index is 982. The van der Waals surface area contributed by atoms with E-state index in [0.29, 0.717) is 44.8 Å². The van der Waals surface area contributed by atoms with Crippen LogP contribution >= 0.6 is 35.2 Å². The second kappa shape index (κ2) is 8.70. The van der Waals surface area contributed by atoms with Crippen molar-refractivity contribution in [3.8, 4) is 5.69 Å². The lowest BCUT2D eigenvalue weighted by Crippen LogP contribution is -2.01. The van der Waals surface area contributed by atoms with E-state index >= 15 is 0 Å². The predicted molar refractivity (Wildman–Crippen MR) is 104 cm³/mol. The Kier molecular flexibility index (Phi) is 6.32. The van der Waals surface area contributed by atoms with E-state index in [1.165, 1.54) is 12.1 Å². The number of nitrogen functional groups attached to an aromatic ring is 1. The first-order valence-corrected chi connectivity index (χ1v) is 8.97. The lowest BCUT2D eigenvalue weighted by atomic mass is 10.3. The maximum Gasteiger partial charge on any atom is 0.155 e. The fourth-order valence-corrected chi connectivity index (χ4v) is 3.17. The average Bonchev–Trinajstić information content (AvgIpc) is 2.95. The van der Waals surface area contributed by atoms with E-state index in [2.05, 4.69) is 24.7 Å². The van der Waals surface area contributed by atoms with Gasteiger partial charge in [-0.05, 0) is 31.2 Å². The second-order valence-corrected chi connectivity index (χ2v) is 6.78. The molecule has 0 spiro atoms. The third-order valence-electron chi connectivity index (χ3n) is 3.48. The van der Waals surface area contributed by atoms with Gasteiger partial charge in [0.2, 0.25) is 0 Å². The molecule has 0 saturated heterocycles. The molecule has 27 heavy (non-hydrogen) atoms. The summed E-state index contributed by atoms with van der Waals surface area (Å²) in [6.45, 7) is 1.78. The molecule has 11 heteroatoms. The topological polar surface area (TPSA) is 107 Å². The monoisotopic (exact) mass is 425 g/mol. The van der Waals surface area contributed by atoms with Crippen LogP contribution in [0.2, 0.25) is 10.0 Å². The van der Waals surface area contributed by atoms with Crippen LogP contribution in [0.25, 0.3) is 5.69 Å². The zero-order valence-electron chi connectivity index (χ0n) is 13.8. The molecule has 0 aliphatic heterocycles. The Labute approximate surface area is 168 Å². The lowest BCUT2D eigenvalue weighted by molar-refractivity contribution is -0.432. The van der Waals surface area contributed by atoms with Gasteiger partial charge in [0.1, 0.15) is 5.69 Å². The minimum absolute atomic E-state index is 0.277. The van der Waals surface area contributed by atoms with Crippen molar-refractivity contribution in [2.45, 2.75) is 11.8 Å². The van der Waals surface area contributed by atoms with E-state index < -0.39 is 0 Å². The number of azo groups is 1. The third kappa shape index (κ3) is 4.41. The molecule has 140 valence electrons. The zero-order valence-corrected chi connectivity index (χ0v) is 16.2. The molecule has 0 unspecified atom stereocenters. The molecule has 0 atom stereocenters. The normalized spacial score (nSPS) is 11.4. The maximum absolute atomic E-state index is 8.22. The number of nitrogens with two attached hydrogens (primary N) is 1. The first kappa shape index (κ1) is 19.6. The third-order valence-corrected chi connectivity index (χ3v) is 4.85. The summed E-state index contributed by atoms with van der Waals surface area (Å²) < 4.78 is 5.94. The number of rotatable bonds is 6. The Morgan fingerprint density at radius 1 is 1.15 bits per heavy atom. The summed E-state index contributed by atoms with van der Waals surface area (Å²) in [6, 6.07) is 12.5. The van der Waals surface area contributed by atoms with Gasteiger partial charge in [0.25, 0.3) is 0 Å². The highest BCUT2D eigenvalue weighted by Crippen LogP contribution is 2.38. The van der Waals surface area contributed by atoms with Crippen LogP contribution in [0.4, 0.5) is 17.2 Å². The van der Waals surface area contributed by atoms with Crippen molar-refractivity contribution in [2.24, 2.45) is 10.2 Å². The van der Waals surface area contributed by atoms with Crippen LogP contribution in [0, 0.1) is 6.92 Å². The van der Waals surface area contributed by atoms with Crippen LogP contribution in [0.3, 0.4) is 0 Å². The number of hydrogen-bond acceptors (Lipinski definition) is 8. The molecule has 0 radical (unpaired) electrons. The lowest BCUT2D eigenvalue weighted by Gasteiger charge is -2.04. The Morgan fingerprint density at radius 3 is 2.59 bits per heavy atom. The van der Waals surface area contributed by atoms with Crippen molar-refractivity contribution in [3.05, 3.63) is 58.2 Å². The van der Waals surface area contributed by atoms with Crippen molar-refractivity contribution >= 4 is 52.4 Å². The number of aryl methyl sites for hydroxylation is 1. The Morgan fingerprint density at radius 2 is 1.89 bits per heavy atom. The minimum Gasteiger partial charge on any atom is -0.382 e. The average molecular weight is 426 g/mol. The molecule has 0 aliphatic rings. The molecule has 0 saturated carbocycles. The summed E-state index contributed by atoms with van der Waals surface area (Å²) in [5, 5.41) is 25.0. The number of nitrogens with zero attached hydrogens (tertiary/aromatic N) is 4. The van der Waals surface area contributed by atoms with Gasteiger partial charge in [0, 0.05) is 0 Å². The van der Waals surface area contributed by atoms with E-state index in [0.717, 1.165) is 5.69 Å². The molecule has 0 amide bonds. The highest BCUT2D eigenvalue weighted by Gasteiger charge is 2.14. The smallest absolute Gasteiger partial charge is 0.155 e. The van der Waals surface area contributed by atoms with Gasteiger partial charge < -0.3 is 5.73 Å². The number of anilines is 1. The van der Waals surface area contributed by atoms with E-state index in [4.69, 9.17) is 34.2 Å². The van der Waals surface area contributed by atoms with Crippen LogP contribution in [0.15, 0.2) is 57.6 Å². The Hall–Kier alpha value is -2.14. The summed E-state index contributed by atoms with van der Waals surface area (Å²) in [5.41, 5.74) is 8.37. The summed E-state index contributed by atoms with van der Waals surface area (Å²) in [4.78, 5) is 0.433. The van der Waals surface area contributed by atoms with Crippen molar-refractivity contribution < 1.29 is 14.6 Å². The molecule has 3 aromatic rings. The largest absolute Gasteiger partial charge is 0.382 e. The Balaban J connectivity index is 1.91. The van der Waals surface area contributed by atoms with Crippen LogP contribution in [0.1, 0.15) is 5.69 Å². The summed E-state index contributed by atoms with van der Waals surface area (Å²) in [6.07, 6.45) is 0. The van der Waals surface area contributed by atoms with Gasteiger partial charge in [0.15, 0.2) is 11.5 Å².